The van der Waals surface area contributed by atoms with E-state index in [1.807, 2.05) is 53.9 Å². The minimum Gasteiger partial charge on any atom is -0.493 e. The lowest BCUT2D eigenvalue weighted by Gasteiger charge is -2.18. The van der Waals surface area contributed by atoms with Crippen molar-refractivity contribution in [1.82, 2.24) is 0 Å². The topological polar surface area (TPSA) is 35.5 Å². The predicted octanol–water partition coefficient (Wildman–Crippen LogP) is 5.87. The molecule has 0 aliphatic heterocycles. The Bertz CT molecular complexity index is 845. The first-order valence-corrected chi connectivity index (χ1v) is 9.97. The molecule has 1 heterocycles. The van der Waals surface area contributed by atoms with Gasteiger partial charge in [-0.25, -0.2) is 0 Å². The summed E-state index contributed by atoms with van der Waals surface area (Å²) in [4.78, 5) is 14.6. The average Bonchev–Trinajstić information content (AvgIpc) is 3.22. The van der Waals surface area contributed by atoms with Crippen molar-refractivity contribution < 1.29 is 14.3 Å². The summed E-state index contributed by atoms with van der Waals surface area (Å²) >= 11 is 3.17. The van der Waals surface area contributed by atoms with Crippen LogP contribution in [-0.4, -0.2) is 20.0 Å². The zero-order valence-corrected chi connectivity index (χ0v) is 16.3. The lowest BCUT2D eigenvalue weighted by atomic mass is 10.1. The summed E-state index contributed by atoms with van der Waals surface area (Å²) in [5, 5.41) is 1.93. The van der Waals surface area contributed by atoms with Crippen molar-refractivity contribution in [2.75, 3.05) is 14.2 Å². The molecule has 0 unspecified atom stereocenters. The van der Waals surface area contributed by atoms with Crippen molar-refractivity contribution in [2.24, 2.45) is 0 Å². The van der Waals surface area contributed by atoms with E-state index in [0.717, 1.165) is 15.3 Å². The van der Waals surface area contributed by atoms with Crippen molar-refractivity contribution >= 4 is 28.9 Å². The van der Waals surface area contributed by atoms with Crippen LogP contribution in [0.2, 0.25) is 0 Å². The zero-order chi connectivity index (χ0) is 18.4. The molecule has 0 aliphatic rings. The van der Waals surface area contributed by atoms with Crippen molar-refractivity contribution in [1.29, 1.82) is 0 Å². The van der Waals surface area contributed by atoms with Gasteiger partial charge in [-0.1, -0.05) is 30.3 Å². The first kappa shape index (κ1) is 18.5. The van der Waals surface area contributed by atoms with Crippen LogP contribution in [0.5, 0.6) is 11.5 Å². The molecule has 0 N–H and O–H groups in total. The molecule has 1 atom stereocenters. The maximum atomic E-state index is 12.7. The van der Waals surface area contributed by atoms with Gasteiger partial charge >= 0.3 is 0 Å². The molecule has 134 valence electrons. The normalized spacial score (nSPS) is 11.8. The lowest BCUT2D eigenvalue weighted by molar-refractivity contribution is 0.0986. The Morgan fingerprint density at radius 2 is 1.77 bits per heavy atom. The van der Waals surface area contributed by atoms with E-state index in [0.29, 0.717) is 17.9 Å². The molecule has 3 aromatic rings. The molecule has 2 aromatic carbocycles. The SMILES string of the molecule is COc1ccc([C@H](CC(=O)c2cccs2)Sc2ccccc2)cc1OC. The fraction of sp³-hybridized carbons (Fsp3) is 0.190. The Balaban J connectivity index is 1.90. The zero-order valence-electron chi connectivity index (χ0n) is 14.7. The molecule has 3 rings (SSSR count). The Morgan fingerprint density at radius 3 is 2.42 bits per heavy atom. The minimum atomic E-state index is -0.00759. The van der Waals surface area contributed by atoms with Crippen molar-refractivity contribution in [2.45, 2.75) is 16.6 Å². The Kier molecular flexibility index (Phi) is 6.36. The number of hydrogen-bond acceptors (Lipinski definition) is 5. The molecule has 1 aromatic heterocycles. The third kappa shape index (κ3) is 4.48. The molecule has 0 spiro atoms. The maximum Gasteiger partial charge on any atom is 0.174 e. The van der Waals surface area contributed by atoms with Crippen molar-refractivity contribution in [3.05, 3.63) is 76.5 Å². The summed E-state index contributed by atoms with van der Waals surface area (Å²) in [5.41, 5.74) is 1.04. The van der Waals surface area contributed by atoms with Gasteiger partial charge < -0.3 is 9.47 Å². The van der Waals surface area contributed by atoms with Crippen LogP contribution in [0.15, 0.2) is 70.9 Å². The highest BCUT2D eigenvalue weighted by Gasteiger charge is 2.21. The molecule has 5 heteroatoms. The van der Waals surface area contributed by atoms with Gasteiger partial charge in [-0.05, 0) is 41.3 Å². The number of thiophene rings is 1. The number of methoxy groups -OCH3 is 2. The van der Waals surface area contributed by atoms with Crippen molar-refractivity contribution in [3.63, 3.8) is 0 Å². The number of carbonyl (C=O) groups is 1. The van der Waals surface area contributed by atoms with E-state index < -0.39 is 0 Å². The first-order chi connectivity index (χ1) is 12.7. The minimum absolute atomic E-state index is 0.00759. The fourth-order valence-corrected chi connectivity index (χ4v) is 4.49. The molecule has 3 nitrogen and oxygen atoms in total. The maximum absolute atomic E-state index is 12.7. The van der Waals surface area contributed by atoms with Gasteiger partial charge in [0.2, 0.25) is 0 Å². The molecule has 26 heavy (non-hydrogen) atoms. The largest absolute Gasteiger partial charge is 0.493 e. The van der Waals surface area contributed by atoms with Gasteiger partial charge in [0, 0.05) is 16.6 Å². The molecule has 0 saturated heterocycles. The average molecular weight is 385 g/mol. The van der Waals surface area contributed by atoms with Crippen LogP contribution in [0.25, 0.3) is 0 Å². The summed E-state index contributed by atoms with van der Waals surface area (Å²) in [5.74, 6) is 1.51. The molecular formula is C21H20O3S2. The van der Waals surface area contributed by atoms with E-state index in [9.17, 15) is 4.79 Å². The van der Waals surface area contributed by atoms with Crippen LogP contribution in [-0.2, 0) is 0 Å². The van der Waals surface area contributed by atoms with Crippen LogP contribution >= 0.6 is 23.1 Å². The van der Waals surface area contributed by atoms with Crippen LogP contribution in [0, 0.1) is 0 Å². The smallest absolute Gasteiger partial charge is 0.174 e. The Labute approximate surface area is 162 Å². The number of ketones is 1. The third-order valence-electron chi connectivity index (χ3n) is 3.97. The van der Waals surface area contributed by atoms with Gasteiger partial charge in [-0.2, -0.15) is 0 Å². The van der Waals surface area contributed by atoms with Crippen LogP contribution in [0.1, 0.15) is 26.9 Å². The Hall–Kier alpha value is -2.24. The quantitative estimate of drug-likeness (QED) is 0.359. The summed E-state index contributed by atoms with van der Waals surface area (Å²) in [6, 6.07) is 19.8. The fourth-order valence-electron chi connectivity index (χ4n) is 2.65. The van der Waals surface area contributed by atoms with Crippen LogP contribution in [0.4, 0.5) is 0 Å². The highest BCUT2D eigenvalue weighted by molar-refractivity contribution is 7.99. The van der Waals surface area contributed by atoms with Crippen molar-refractivity contribution in [3.8, 4) is 11.5 Å². The second kappa shape index (κ2) is 8.92. The van der Waals surface area contributed by atoms with E-state index in [1.165, 1.54) is 11.3 Å². The summed E-state index contributed by atoms with van der Waals surface area (Å²) in [6.45, 7) is 0. The number of ether oxygens (including phenoxy) is 2. The van der Waals surface area contributed by atoms with Crippen LogP contribution < -0.4 is 9.47 Å². The van der Waals surface area contributed by atoms with Gasteiger partial charge in [0.05, 0.1) is 19.1 Å². The molecule has 0 aliphatic carbocycles. The number of Topliss-reactive ketones (excluding diaryl/α,β-unsaturated/α-hetero) is 1. The van der Waals surface area contributed by atoms with Gasteiger partial charge in [-0.3, -0.25) is 4.79 Å². The Morgan fingerprint density at radius 1 is 1.00 bits per heavy atom. The number of hydrogen-bond donors (Lipinski definition) is 0. The second-order valence-electron chi connectivity index (χ2n) is 5.64. The summed E-state index contributed by atoms with van der Waals surface area (Å²) < 4.78 is 10.8. The van der Waals surface area contributed by atoms with Gasteiger partial charge in [0.1, 0.15) is 0 Å². The van der Waals surface area contributed by atoms with E-state index in [2.05, 4.69) is 12.1 Å². The molecule has 0 amide bonds. The lowest BCUT2D eigenvalue weighted by Crippen LogP contribution is -2.04. The highest BCUT2D eigenvalue weighted by Crippen LogP contribution is 2.41. The molecule has 0 bridgehead atoms. The number of benzene rings is 2. The monoisotopic (exact) mass is 384 g/mol. The number of thioether (sulfide) groups is 1. The third-order valence-corrected chi connectivity index (χ3v) is 6.15. The van der Waals surface area contributed by atoms with Gasteiger partial charge in [0.15, 0.2) is 17.3 Å². The highest BCUT2D eigenvalue weighted by atomic mass is 32.2. The molecular weight excluding hydrogens is 364 g/mol. The van der Waals surface area contributed by atoms with E-state index in [1.54, 1.807) is 26.0 Å². The molecule has 0 radical (unpaired) electrons. The van der Waals surface area contributed by atoms with E-state index in [4.69, 9.17) is 9.47 Å². The number of rotatable bonds is 8. The number of carbonyl (C=O) groups excluding carboxylic acids is 1. The van der Waals surface area contributed by atoms with Crippen LogP contribution in [0.3, 0.4) is 0 Å². The summed E-state index contributed by atoms with van der Waals surface area (Å²) in [7, 11) is 3.24. The van der Waals surface area contributed by atoms with E-state index >= 15 is 0 Å². The second-order valence-corrected chi connectivity index (χ2v) is 7.86. The standard InChI is InChI=1S/C21H20O3S2/c1-23-18-11-10-15(13-19(18)24-2)21(26-16-7-4-3-5-8-16)14-17(22)20-9-6-12-25-20/h3-13,21H,14H2,1-2H3/t21-/m0/s1. The molecule has 0 fully saturated rings. The molecule has 0 saturated carbocycles. The summed E-state index contributed by atoms with van der Waals surface area (Å²) in [6.07, 6.45) is 0.426. The predicted molar refractivity (Wildman–Crippen MR) is 108 cm³/mol. The van der Waals surface area contributed by atoms with Gasteiger partial charge in [0.25, 0.3) is 0 Å². The van der Waals surface area contributed by atoms with E-state index in [-0.39, 0.29) is 11.0 Å². The first-order valence-electron chi connectivity index (χ1n) is 8.21. The van der Waals surface area contributed by atoms with Gasteiger partial charge in [-0.15, -0.1) is 23.1 Å².